The molecule has 3 aromatic rings. The molecule has 0 bridgehead atoms. The topological polar surface area (TPSA) is 12.9 Å². The molecular weight excluding hydrogens is 322 g/mol. The van der Waals surface area contributed by atoms with Crippen LogP contribution in [0.4, 0.5) is 0 Å². The average molecular weight is 340 g/mol. The van der Waals surface area contributed by atoms with Crippen LogP contribution in [0.5, 0.6) is 0 Å². The maximum Gasteiger partial charge on any atom is 0.0712 e. The molecule has 3 rings (SSSR count). The zero-order valence-electron chi connectivity index (χ0n) is 12.1. The molecule has 21 heavy (non-hydrogen) atoms. The van der Waals surface area contributed by atoms with Crippen molar-refractivity contribution in [3.8, 4) is 11.3 Å². The molecule has 0 saturated heterocycles. The third-order valence-corrected chi connectivity index (χ3v) is 4.20. The molecule has 0 N–H and O–H groups in total. The lowest BCUT2D eigenvalue weighted by molar-refractivity contribution is 0.783. The summed E-state index contributed by atoms with van der Waals surface area (Å²) in [4.78, 5) is 4.93. The van der Waals surface area contributed by atoms with Gasteiger partial charge in [0, 0.05) is 21.1 Å². The molecule has 0 unspecified atom stereocenters. The summed E-state index contributed by atoms with van der Waals surface area (Å²) in [5.41, 5.74) is 3.43. The molecule has 1 heterocycles. The van der Waals surface area contributed by atoms with E-state index in [2.05, 4.69) is 71.4 Å². The summed E-state index contributed by atoms with van der Waals surface area (Å²) in [6.07, 6.45) is 3.41. The Labute approximate surface area is 134 Å². The second kappa shape index (κ2) is 6.40. The van der Waals surface area contributed by atoms with Gasteiger partial charge in [0.15, 0.2) is 0 Å². The Morgan fingerprint density at radius 2 is 1.86 bits per heavy atom. The summed E-state index contributed by atoms with van der Waals surface area (Å²) in [5.74, 6) is 0. The van der Waals surface area contributed by atoms with Crippen LogP contribution >= 0.6 is 15.9 Å². The van der Waals surface area contributed by atoms with E-state index in [9.17, 15) is 0 Å². The van der Waals surface area contributed by atoms with Crippen molar-refractivity contribution in [2.75, 3.05) is 0 Å². The highest BCUT2D eigenvalue weighted by molar-refractivity contribution is 9.10. The van der Waals surface area contributed by atoms with E-state index < -0.39 is 0 Å². The van der Waals surface area contributed by atoms with Crippen LogP contribution in [-0.4, -0.2) is 4.98 Å². The Balaban J connectivity index is 2.15. The molecule has 0 atom stereocenters. The molecule has 106 valence electrons. The number of nitrogens with zero attached hydrogens (tertiary/aromatic N) is 1. The minimum atomic E-state index is 1.04. The smallest absolute Gasteiger partial charge is 0.0712 e. The zero-order chi connectivity index (χ0) is 14.7. The summed E-state index contributed by atoms with van der Waals surface area (Å²) >= 11 is 3.54. The molecule has 2 heteroatoms. The van der Waals surface area contributed by atoms with Crippen LogP contribution < -0.4 is 0 Å². The van der Waals surface area contributed by atoms with Crippen LogP contribution in [0, 0.1) is 0 Å². The molecule has 0 aliphatic rings. The number of aryl methyl sites for hydroxylation is 1. The molecule has 0 amide bonds. The number of hydrogen-bond donors (Lipinski definition) is 0. The Morgan fingerprint density at radius 1 is 1.00 bits per heavy atom. The minimum Gasteiger partial charge on any atom is -0.252 e. The van der Waals surface area contributed by atoms with Gasteiger partial charge in [0.25, 0.3) is 0 Å². The number of rotatable bonds is 4. The molecule has 0 aliphatic heterocycles. The van der Waals surface area contributed by atoms with Crippen molar-refractivity contribution in [2.24, 2.45) is 0 Å². The van der Waals surface area contributed by atoms with E-state index >= 15 is 0 Å². The van der Waals surface area contributed by atoms with Crippen LogP contribution in [0.1, 0.15) is 25.5 Å². The maximum absolute atomic E-state index is 4.93. The standard InChI is InChI=1S/C19H18BrN/c1-2-3-11-18-17-10-5-4-7-14(17)13-19(21-18)15-8-6-9-16(20)12-15/h4-10,12-13H,2-3,11H2,1H3. The number of fused-ring (bicyclic) bond motifs is 1. The first-order valence-electron chi connectivity index (χ1n) is 7.42. The fourth-order valence-corrected chi connectivity index (χ4v) is 3.00. The largest absolute Gasteiger partial charge is 0.252 e. The van der Waals surface area contributed by atoms with Gasteiger partial charge in [-0.2, -0.15) is 0 Å². The first-order chi connectivity index (χ1) is 10.3. The van der Waals surface area contributed by atoms with Gasteiger partial charge < -0.3 is 0 Å². The van der Waals surface area contributed by atoms with Gasteiger partial charge in [0.1, 0.15) is 0 Å². The molecule has 0 saturated carbocycles. The van der Waals surface area contributed by atoms with Crippen molar-refractivity contribution in [2.45, 2.75) is 26.2 Å². The van der Waals surface area contributed by atoms with Gasteiger partial charge in [-0.3, -0.25) is 4.98 Å². The Bertz CT molecular complexity index is 764. The van der Waals surface area contributed by atoms with Crippen molar-refractivity contribution in [3.63, 3.8) is 0 Å². The van der Waals surface area contributed by atoms with Gasteiger partial charge in [-0.05, 0) is 36.4 Å². The number of unbranched alkanes of at least 4 members (excludes halogenated alkanes) is 1. The first-order valence-corrected chi connectivity index (χ1v) is 8.22. The van der Waals surface area contributed by atoms with Crippen molar-refractivity contribution in [1.82, 2.24) is 4.98 Å². The lowest BCUT2D eigenvalue weighted by atomic mass is 10.0. The van der Waals surface area contributed by atoms with Crippen LogP contribution in [0.3, 0.4) is 0 Å². The van der Waals surface area contributed by atoms with Crippen LogP contribution in [0.25, 0.3) is 22.0 Å². The lowest BCUT2D eigenvalue weighted by Gasteiger charge is -2.10. The van der Waals surface area contributed by atoms with E-state index in [0.29, 0.717) is 0 Å². The quantitative estimate of drug-likeness (QED) is 0.567. The SMILES string of the molecule is CCCCc1nc(-c2cccc(Br)c2)cc2ccccc12. The van der Waals surface area contributed by atoms with Crippen LogP contribution in [-0.2, 0) is 6.42 Å². The van der Waals surface area contributed by atoms with E-state index in [0.717, 1.165) is 22.2 Å². The van der Waals surface area contributed by atoms with Crippen molar-refractivity contribution >= 4 is 26.7 Å². The van der Waals surface area contributed by atoms with Crippen molar-refractivity contribution < 1.29 is 0 Å². The van der Waals surface area contributed by atoms with E-state index in [-0.39, 0.29) is 0 Å². The summed E-state index contributed by atoms with van der Waals surface area (Å²) in [5, 5.41) is 2.55. The van der Waals surface area contributed by atoms with Gasteiger partial charge in [0.05, 0.1) is 5.69 Å². The average Bonchev–Trinajstić information content (AvgIpc) is 2.52. The highest BCUT2D eigenvalue weighted by Gasteiger charge is 2.07. The summed E-state index contributed by atoms with van der Waals surface area (Å²) in [6.45, 7) is 2.22. The van der Waals surface area contributed by atoms with E-state index in [1.165, 1.54) is 29.3 Å². The third kappa shape index (κ3) is 3.16. The van der Waals surface area contributed by atoms with Gasteiger partial charge in [0.2, 0.25) is 0 Å². The Morgan fingerprint density at radius 3 is 2.67 bits per heavy atom. The minimum absolute atomic E-state index is 1.04. The molecule has 1 nitrogen and oxygen atoms in total. The lowest BCUT2D eigenvalue weighted by Crippen LogP contribution is -1.95. The van der Waals surface area contributed by atoms with Crippen molar-refractivity contribution in [1.29, 1.82) is 0 Å². The van der Waals surface area contributed by atoms with E-state index in [4.69, 9.17) is 4.98 Å². The van der Waals surface area contributed by atoms with Gasteiger partial charge in [-0.1, -0.05) is 65.7 Å². The number of halogens is 1. The maximum atomic E-state index is 4.93. The molecule has 0 radical (unpaired) electrons. The summed E-state index contributed by atoms with van der Waals surface area (Å²) in [6, 6.07) is 19.1. The predicted molar refractivity (Wildman–Crippen MR) is 93.5 cm³/mol. The second-order valence-corrected chi connectivity index (χ2v) is 6.20. The highest BCUT2D eigenvalue weighted by atomic mass is 79.9. The summed E-state index contributed by atoms with van der Waals surface area (Å²) < 4.78 is 1.09. The number of hydrogen-bond acceptors (Lipinski definition) is 1. The van der Waals surface area contributed by atoms with Gasteiger partial charge in [-0.25, -0.2) is 0 Å². The second-order valence-electron chi connectivity index (χ2n) is 5.29. The molecule has 0 fully saturated rings. The molecule has 0 spiro atoms. The Kier molecular flexibility index (Phi) is 4.35. The van der Waals surface area contributed by atoms with E-state index in [1.807, 2.05) is 6.07 Å². The first kappa shape index (κ1) is 14.3. The predicted octanol–water partition coefficient (Wildman–Crippen LogP) is 6.01. The Hall–Kier alpha value is -1.67. The van der Waals surface area contributed by atoms with Crippen molar-refractivity contribution in [3.05, 3.63) is 64.8 Å². The molecule has 2 aromatic carbocycles. The van der Waals surface area contributed by atoms with Crippen LogP contribution in [0.15, 0.2) is 59.1 Å². The fraction of sp³-hybridized carbons (Fsp3) is 0.211. The van der Waals surface area contributed by atoms with E-state index in [1.54, 1.807) is 0 Å². The zero-order valence-corrected chi connectivity index (χ0v) is 13.7. The summed E-state index contributed by atoms with van der Waals surface area (Å²) in [7, 11) is 0. The van der Waals surface area contributed by atoms with Crippen LogP contribution in [0.2, 0.25) is 0 Å². The fourth-order valence-electron chi connectivity index (χ4n) is 2.60. The molecule has 0 aliphatic carbocycles. The highest BCUT2D eigenvalue weighted by Crippen LogP contribution is 2.27. The van der Waals surface area contributed by atoms with Gasteiger partial charge >= 0.3 is 0 Å². The monoisotopic (exact) mass is 339 g/mol. The number of benzene rings is 2. The third-order valence-electron chi connectivity index (χ3n) is 3.71. The molecule has 1 aromatic heterocycles. The normalized spacial score (nSPS) is 11.0. The molecular formula is C19H18BrN. The van der Waals surface area contributed by atoms with Gasteiger partial charge in [-0.15, -0.1) is 0 Å². The number of aromatic nitrogens is 1. The number of pyridine rings is 1.